The fourth-order valence-corrected chi connectivity index (χ4v) is 1.98. The highest BCUT2D eigenvalue weighted by Crippen LogP contribution is 2.34. The van der Waals surface area contributed by atoms with Crippen molar-refractivity contribution >= 4 is 0 Å². The van der Waals surface area contributed by atoms with Crippen LogP contribution in [-0.4, -0.2) is 12.2 Å². The number of rotatable bonds is 10. The maximum absolute atomic E-state index is 14.0. The van der Waals surface area contributed by atoms with Crippen molar-refractivity contribution in [3.63, 3.8) is 0 Å². The van der Waals surface area contributed by atoms with Crippen LogP contribution in [0.3, 0.4) is 0 Å². The second-order valence-electron chi connectivity index (χ2n) is 6.21. The highest BCUT2D eigenvalue weighted by molar-refractivity contribution is 4.71. The molecule has 0 aliphatic heterocycles. The summed E-state index contributed by atoms with van der Waals surface area (Å²) < 4.78 is 33.2. The van der Waals surface area contributed by atoms with E-state index in [9.17, 15) is 8.78 Å². The molecule has 1 nitrogen and oxygen atoms in total. The quantitative estimate of drug-likeness (QED) is 0.484. The normalized spacial score (nSPS) is 17.5. The zero-order valence-electron chi connectivity index (χ0n) is 13.5. The van der Waals surface area contributed by atoms with Crippen molar-refractivity contribution in [3.05, 3.63) is 0 Å². The summed E-state index contributed by atoms with van der Waals surface area (Å²) in [6.45, 7) is 11.5. The Morgan fingerprint density at radius 2 is 1.53 bits per heavy atom. The summed E-state index contributed by atoms with van der Waals surface area (Å²) in [6, 6.07) is 0. The third-order valence-corrected chi connectivity index (χ3v) is 4.14. The highest BCUT2D eigenvalue weighted by Gasteiger charge is 2.41. The van der Waals surface area contributed by atoms with Crippen LogP contribution < -0.4 is 0 Å². The molecule has 0 aromatic rings. The average Bonchev–Trinajstić information content (AvgIpc) is 2.34. The monoisotopic (exact) mass is 278 g/mol. The van der Waals surface area contributed by atoms with Gasteiger partial charge >= 0.3 is 6.11 Å². The molecule has 2 unspecified atom stereocenters. The predicted octanol–water partition coefficient (Wildman–Crippen LogP) is 5.88. The molecule has 0 saturated carbocycles. The zero-order chi connectivity index (χ0) is 15.1. The second-order valence-corrected chi connectivity index (χ2v) is 6.21. The van der Waals surface area contributed by atoms with Crippen LogP contribution in [0.4, 0.5) is 8.78 Å². The molecule has 3 atom stereocenters. The van der Waals surface area contributed by atoms with E-state index in [1.165, 1.54) is 0 Å². The topological polar surface area (TPSA) is 9.23 Å². The smallest absolute Gasteiger partial charge is 0.317 e. The SMILES string of the molecule is CCCC(CC[C@H](C)CC)OC(F)(F)C(C)C(C)C. The molecule has 0 spiro atoms. The lowest BCUT2D eigenvalue weighted by molar-refractivity contribution is -0.298. The third kappa shape index (κ3) is 7.24. The van der Waals surface area contributed by atoms with E-state index in [4.69, 9.17) is 4.74 Å². The first-order chi connectivity index (χ1) is 8.74. The van der Waals surface area contributed by atoms with Crippen LogP contribution in [0.25, 0.3) is 0 Å². The Morgan fingerprint density at radius 1 is 0.947 bits per heavy atom. The van der Waals surface area contributed by atoms with Gasteiger partial charge in [-0.05, 0) is 31.1 Å². The van der Waals surface area contributed by atoms with E-state index in [0.29, 0.717) is 5.92 Å². The van der Waals surface area contributed by atoms with Crippen molar-refractivity contribution in [3.8, 4) is 0 Å². The summed E-state index contributed by atoms with van der Waals surface area (Å²) in [5, 5.41) is 0. The first-order valence-electron chi connectivity index (χ1n) is 7.80. The lowest BCUT2D eigenvalue weighted by atomic mass is 9.96. The summed E-state index contributed by atoms with van der Waals surface area (Å²) in [5.41, 5.74) is 0. The molecule has 3 heteroatoms. The van der Waals surface area contributed by atoms with Crippen molar-refractivity contribution in [2.45, 2.75) is 85.9 Å². The average molecular weight is 278 g/mol. The van der Waals surface area contributed by atoms with Crippen molar-refractivity contribution in [2.24, 2.45) is 17.8 Å². The number of hydrogen-bond donors (Lipinski definition) is 0. The zero-order valence-corrected chi connectivity index (χ0v) is 13.5. The van der Waals surface area contributed by atoms with E-state index in [1.54, 1.807) is 6.92 Å². The molecule has 0 saturated heterocycles. The van der Waals surface area contributed by atoms with Crippen molar-refractivity contribution in [1.82, 2.24) is 0 Å². The number of alkyl halides is 2. The standard InChI is InChI=1S/C16H32F2O/c1-7-9-15(11-10-13(5)8-2)19-16(17,18)14(6)12(3)4/h12-15H,7-11H2,1-6H3/t13-,14?,15?/m1/s1. The molecule has 0 N–H and O–H groups in total. The molecule has 116 valence electrons. The van der Waals surface area contributed by atoms with Crippen LogP contribution in [0.1, 0.15) is 73.6 Å². The van der Waals surface area contributed by atoms with Gasteiger partial charge in [0.25, 0.3) is 0 Å². The minimum absolute atomic E-state index is 0.0770. The van der Waals surface area contributed by atoms with E-state index < -0.39 is 12.0 Å². The Morgan fingerprint density at radius 3 is 1.95 bits per heavy atom. The molecule has 0 bridgehead atoms. The molecular weight excluding hydrogens is 246 g/mol. The van der Waals surface area contributed by atoms with Gasteiger partial charge in [0.05, 0.1) is 6.10 Å². The van der Waals surface area contributed by atoms with Gasteiger partial charge in [-0.15, -0.1) is 0 Å². The van der Waals surface area contributed by atoms with E-state index in [-0.39, 0.29) is 12.0 Å². The Bertz CT molecular complexity index is 229. The number of halogens is 2. The summed E-state index contributed by atoms with van der Waals surface area (Å²) >= 11 is 0. The molecule has 0 heterocycles. The highest BCUT2D eigenvalue weighted by atomic mass is 19.3. The van der Waals surface area contributed by atoms with Crippen molar-refractivity contribution in [1.29, 1.82) is 0 Å². The van der Waals surface area contributed by atoms with Gasteiger partial charge in [0.2, 0.25) is 0 Å². The van der Waals surface area contributed by atoms with Gasteiger partial charge in [-0.1, -0.05) is 54.4 Å². The lowest BCUT2D eigenvalue weighted by Gasteiger charge is -2.30. The second kappa shape index (κ2) is 8.89. The summed E-state index contributed by atoms with van der Waals surface area (Å²) in [7, 11) is 0. The maximum atomic E-state index is 14.0. The van der Waals surface area contributed by atoms with Crippen LogP contribution >= 0.6 is 0 Å². The van der Waals surface area contributed by atoms with Crippen molar-refractivity contribution in [2.75, 3.05) is 0 Å². The maximum Gasteiger partial charge on any atom is 0.358 e. The van der Waals surface area contributed by atoms with E-state index >= 15 is 0 Å². The summed E-state index contributed by atoms with van der Waals surface area (Å²) in [6.07, 6.45) is 1.08. The Hall–Kier alpha value is -0.180. The molecule has 0 fully saturated rings. The number of ether oxygens (including phenoxy) is 1. The fourth-order valence-electron chi connectivity index (χ4n) is 1.98. The molecule has 0 aromatic heterocycles. The van der Waals surface area contributed by atoms with Crippen LogP contribution in [-0.2, 0) is 4.74 Å². The Balaban J connectivity index is 4.46. The van der Waals surface area contributed by atoms with Gasteiger partial charge in [-0.25, -0.2) is 0 Å². The summed E-state index contributed by atoms with van der Waals surface area (Å²) in [5.74, 6) is -0.235. The van der Waals surface area contributed by atoms with Gasteiger partial charge in [0.1, 0.15) is 0 Å². The van der Waals surface area contributed by atoms with Gasteiger partial charge in [-0.2, -0.15) is 8.78 Å². The largest absolute Gasteiger partial charge is 0.358 e. The van der Waals surface area contributed by atoms with E-state index in [1.807, 2.05) is 20.8 Å². The van der Waals surface area contributed by atoms with Crippen LogP contribution in [0.5, 0.6) is 0 Å². The molecule has 0 amide bonds. The molecule has 0 rings (SSSR count). The number of hydrogen-bond acceptors (Lipinski definition) is 1. The van der Waals surface area contributed by atoms with E-state index in [2.05, 4.69) is 13.8 Å². The Kier molecular flexibility index (Phi) is 8.80. The fraction of sp³-hybridized carbons (Fsp3) is 1.00. The molecule has 0 radical (unpaired) electrons. The van der Waals surface area contributed by atoms with Gasteiger partial charge < -0.3 is 4.74 Å². The lowest BCUT2D eigenvalue weighted by Crippen LogP contribution is -2.37. The molecule has 0 aliphatic carbocycles. The molecule has 0 aliphatic rings. The summed E-state index contributed by atoms with van der Waals surface area (Å²) in [4.78, 5) is 0. The van der Waals surface area contributed by atoms with E-state index in [0.717, 1.165) is 32.1 Å². The van der Waals surface area contributed by atoms with Crippen LogP contribution in [0, 0.1) is 17.8 Å². The third-order valence-electron chi connectivity index (χ3n) is 4.14. The van der Waals surface area contributed by atoms with Gasteiger partial charge in [-0.3, -0.25) is 0 Å². The minimum Gasteiger partial charge on any atom is -0.317 e. The van der Waals surface area contributed by atoms with Crippen LogP contribution in [0.15, 0.2) is 0 Å². The minimum atomic E-state index is -3.01. The molecule has 19 heavy (non-hydrogen) atoms. The predicted molar refractivity (Wildman–Crippen MR) is 77.4 cm³/mol. The van der Waals surface area contributed by atoms with Crippen molar-refractivity contribution < 1.29 is 13.5 Å². The first-order valence-corrected chi connectivity index (χ1v) is 7.80. The molecule has 0 aromatic carbocycles. The first kappa shape index (κ1) is 18.8. The van der Waals surface area contributed by atoms with Gasteiger partial charge in [0.15, 0.2) is 0 Å². The Labute approximate surface area is 118 Å². The van der Waals surface area contributed by atoms with Crippen LogP contribution in [0.2, 0.25) is 0 Å². The van der Waals surface area contributed by atoms with Gasteiger partial charge in [0, 0.05) is 5.92 Å². The molecular formula is C16H32F2O.